The number of aromatic nitrogens is 3. The summed E-state index contributed by atoms with van der Waals surface area (Å²) in [6, 6.07) is 0. The quantitative estimate of drug-likeness (QED) is 0.706. The van der Waals surface area contributed by atoms with Gasteiger partial charge in [0.05, 0.1) is 5.69 Å². The minimum atomic E-state index is -4.25. The van der Waals surface area contributed by atoms with Gasteiger partial charge in [-0.2, -0.15) is 13.2 Å². The van der Waals surface area contributed by atoms with Gasteiger partial charge in [0.25, 0.3) is 0 Å². The lowest BCUT2D eigenvalue weighted by atomic mass is 9.93. The fourth-order valence-corrected chi connectivity index (χ4v) is 0.903. The molecule has 0 bridgehead atoms. The van der Waals surface area contributed by atoms with Crippen molar-refractivity contribution in [1.82, 2.24) is 15.0 Å². The molecule has 0 aliphatic rings. The number of nitrogens with zero attached hydrogens (tertiary/aromatic N) is 3. The third kappa shape index (κ3) is 3.01. The monoisotopic (exact) mass is 207 g/mol. The first-order chi connectivity index (χ1) is 6.18. The highest BCUT2D eigenvalue weighted by Crippen LogP contribution is 2.21. The molecular weight excluding hydrogens is 195 g/mol. The van der Waals surface area contributed by atoms with Gasteiger partial charge >= 0.3 is 6.18 Å². The van der Waals surface area contributed by atoms with Crippen molar-refractivity contribution in [2.45, 2.75) is 38.9 Å². The van der Waals surface area contributed by atoms with E-state index in [1.54, 1.807) is 0 Å². The molecule has 3 nitrogen and oxygen atoms in total. The maximum absolute atomic E-state index is 12.0. The van der Waals surface area contributed by atoms with Gasteiger partial charge in [-0.25, -0.2) is 4.68 Å². The first-order valence-electron chi connectivity index (χ1n) is 4.16. The number of hydrogen-bond acceptors (Lipinski definition) is 2. The van der Waals surface area contributed by atoms with E-state index in [1.807, 2.05) is 20.8 Å². The SMILES string of the molecule is CC(C)(C)c1cn(CC(F)(F)F)nn1. The standard InChI is InChI=1S/C8H12F3N3/c1-7(2,3)6-4-14(13-12-6)5-8(9,10)11/h4H,5H2,1-3H3. The lowest BCUT2D eigenvalue weighted by Gasteiger charge is -2.13. The van der Waals surface area contributed by atoms with E-state index < -0.39 is 12.7 Å². The molecule has 6 heteroatoms. The molecular formula is C8H12F3N3. The highest BCUT2D eigenvalue weighted by atomic mass is 19.4. The molecule has 0 amide bonds. The van der Waals surface area contributed by atoms with E-state index in [0.717, 1.165) is 4.68 Å². The van der Waals surface area contributed by atoms with Crippen LogP contribution in [0, 0.1) is 0 Å². The van der Waals surface area contributed by atoms with Crippen molar-refractivity contribution in [3.05, 3.63) is 11.9 Å². The molecule has 0 fully saturated rings. The molecule has 0 saturated heterocycles. The van der Waals surface area contributed by atoms with Crippen molar-refractivity contribution in [1.29, 1.82) is 0 Å². The average molecular weight is 207 g/mol. The summed E-state index contributed by atoms with van der Waals surface area (Å²) in [6.07, 6.45) is -2.92. The van der Waals surface area contributed by atoms with E-state index in [9.17, 15) is 13.2 Å². The molecule has 1 aromatic rings. The summed E-state index contributed by atoms with van der Waals surface area (Å²) in [5.41, 5.74) is 0.283. The minimum absolute atomic E-state index is 0.274. The molecule has 0 N–H and O–H groups in total. The van der Waals surface area contributed by atoms with Gasteiger partial charge in [0.1, 0.15) is 6.54 Å². The summed E-state index contributed by atoms with van der Waals surface area (Å²) in [7, 11) is 0. The second-order valence-electron chi connectivity index (χ2n) is 4.17. The zero-order valence-corrected chi connectivity index (χ0v) is 8.26. The molecule has 1 rings (SSSR count). The predicted octanol–water partition coefficient (Wildman–Crippen LogP) is 2.14. The molecule has 0 spiro atoms. The summed E-state index contributed by atoms with van der Waals surface area (Å²) in [4.78, 5) is 0. The summed E-state index contributed by atoms with van der Waals surface area (Å²) in [6.45, 7) is 4.52. The van der Waals surface area contributed by atoms with Gasteiger partial charge in [0.2, 0.25) is 0 Å². The predicted molar refractivity (Wildman–Crippen MR) is 44.8 cm³/mol. The largest absolute Gasteiger partial charge is 0.408 e. The van der Waals surface area contributed by atoms with Gasteiger partial charge in [-0.3, -0.25) is 0 Å². The van der Waals surface area contributed by atoms with Gasteiger partial charge in [-0.05, 0) is 0 Å². The summed E-state index contributed by atoms with van der Waals surface area (Å²) in [5, 5.41) is 7.10. The second kappa shape index (κ2) is 3.25. The van der Waals surface area contributed by atoms with Crippen LogP contribution in [0.5, 0.6) is 0 Å². The van der Waals surface area contributed by atoms with Gasteiger partial charge in [-0.1, -0.05) is 26.0 Å². The van der Waals surface area contributed by atoms with E-state index in [2.05, 4.69) is 10.3 Å². The van der Waals surface area contributed by atoms with Crippen LogP contribution in [0.4, 0.5) is 13.2 Å². The van der Waals surface area contributed by atoms with Crippen molar-refractivity contribution in [2.24, 2.45) is 0 Å². The fourth-order valence-electron chi connectivity index (χ4n) is 0.903. The van der Waals surface area contributed by atoms with Crippen LogP contribution in [0.1, 0.15) is 26.5 Å². The molecule has 80 valence electrons. The number of hydrogen-bond donors (Lipinski definition) is 0. The Morgan fingerprint density at radius 1 is 1.29 bits per heavy atom. The van der Waals surface area contributed by atoms with E-state index in [4.69, 9.17) is 0 Å². The number of alkyl halides is 3. The maximum Gasteiger partial charge on any atom is 0.408 e. The van der Waals surface area contributed by atoms with Crippen LogP contribution in [0.15, 0.2) is 6.20 Å². The Hall–Kier alpha value is -1.07. The minimum Gasteiger partial charge on any atom is -0.243 e. The molecule has 0 saturated carbocycles. The smallest absolute Gasteiger partial charge is 0.243 e. The molecule has 0 aromatic carbocycles. The van der Waals surface area contributed by atoms with Crippen LogP contribution in [-0.4, -0.2) is 21.2 Å². The number of halogens is 3. The highest BCUT2D eigenvalue weighted by molar-refractivity contribution is 5.06. The van der Waals surface area contributed by atoms with Crippen molar-refractivity contribution < 1.29 is 13.2 Å². The molecule has 0 aliphatic heterocycles. The van der Waals surface area contributed by atoms with Crippen molar-refractivity contribution >= 4 is 0 Å². The molecule has 0 radical (unpaired) electrons. The van der Waals surface area contributed by atoms with Gasteiger partial charge < -0.3 is 0 Å². The molecule has 0 aliphatic carbocycles. The van der Waals surface area contributed by atoms with E-state index in [0.29, 0.717) is 5.69 Å². The topological polar surface area (TPSA) is 30.7 Å². The van der Waals surface area contributed by atoms with Crippen molar-refractivity contribution in [3.8, 4) is 0 Å². The summed E-state index contributed by atoms with van der Waals surface area (Å²) < 4.78 is 36.7. The van der Waals surface area contributed by atoms with Crippen LogP contribution >= 0.6 is 0 Å². The Labute approximate surface area is 79.9 Å². The van der Waals surface area contributed by atoms with Crippen molar-refractivity contribution in [3.63, 3.8) is 0 Å². The van der Waals surface area contributed by atoms with Crippen LogP contribution in [0.3, 0.4) is 0 Å². The third-order valence-corrected chi connectivity index (χ3v) is 1.65. The molecule has 0 atom stereocenters. The number of rotatable bonds is 1. The fraction of sp³-hybridized carbons (Fsp3) is 0.750. The van der Waals surface area contributed by atoms with E-state index >= 15 is 0 Å². The Balaban J connectivity index is 2.79. The van der Waals surface area contributed by atoms with Gasteiger partial charge in [0.15, 0.2) is 0 Å². The highest BCUT2D eigenvalue weighted by Gasteiger charge is 2.29. The Bertz CT molecular complexity index is 308. The molecule has 1 heterocycles. The van der Waals surface area contributed by atoms with Crippen LogP contribution in [0.2, 0.25) is 0 Å². The van der Waals surface area contributed by atoms with E-state index in [1.165, 1.54) is 6.20 Å². The lowest BCUT2D eigenvalue weighted by molar-refractivity contribution is -0.142. The first-order valence-corrected chi connectivity index (χ1v) is 4.16. The van der Waals surface area contributed by atoms with Crippen LogP contribution in [0.25, 0.3) is 0 Å². The van der Waals surface area contributed by atoms with Crippen LogP contribution in [-0.2, 0) is 12.0 Å². The molecule has 1 aromatic heterocycles. The average Bonchev–Trinajstić information content (AvgIpc) is 2.29. The maximum atomic E-state index is 12.0. The Kier molecular flexibility index (Phi) is 2.56. The van der Waals surface area contributed by atoms with Gasteiger partial charge in [0, 0.05) is 11.6 Å². The van der Waals surface area contributed by atoms with Gasteiger partial charge in [-0.15, -0.1) is 5.10 Å². The summed E-state index contributed by atoms with van der Waals surface area (Å²) >= 11 is 0. The third-order valence-electron chi connectivity index (χ3n) is 1.65. The molecule has 14 heavy (non-hydrogen) atoms. The summed E-state index contributed by atoms with van der Waals surface area (Å²) in [5.74, 6) is 0. The zero-order chi connectivity index (χ0) is 11.0. The van der Waals surface area contributed by atoms with Crippen molar-refractivity contribution in [2.75, 3.05) is 0 Å². The first kappa shape index (κ1) is 11.0. The molecule has 0 unspecified atom stereocenters. The second-order valence-corrected chi connectivity index (χ2v) is 4.17. The Morgan fingerprint density at radius 2 is 1.86 bits per heavy atom. The lowest BCUT2D eigenvalue weighted by Crippen LogP contribution is -2.18. The van der Waals surface area contributed by atoms with Crippen LogP contribution < -0.4 is 0 Å². The van der Waals surface area contributed by atoms with E-state index in [-0.39, 0.29) is 5.41 Å². The zero-order valence-electron chi connectivity index (χ0n) is 8.26. The Morgan fingerprint density at radius 3 is 2.21 bits per heavy atom. The normalized spacial score (nSPS) is 13.3.